The average Bonchev–Trinajstić information content (AvgIpc) is 2.46. The topological polar surface area (TPSA) is 41.6 Å². The third-order valence-corrected chi connectivity index (χ3v) is 3.44. The molecule has 1 heterocycles. The Morgan fingerprint density at radius 1 is 1.40 bits per heavy atom. The molecule has 20 heavy (non-hydrogen) atoms. The monoisotopic (exact) mass is 280 g/mol. The van der Waals surface area contributed by atoms with Crippen molar-refractivity contribution in [2.75, 3.05) is 44.7 Å². The number of morpholine rings is 1. The second-order valence-corrected chi connectivity index (χ2v) is 4.99. The number of halogens is 1. The van der Waals surface area contributed by atoms with Gasteiger partial charge in [-0.3, -0.25) is 9.69 Å². The van der Waals surface area contributed by atoms with Gasteiger partial charge in [-0.2, -0.15) is 0 Å². The summed E-state index contributed by atoms with van der Waals surface area (Å²) in [6.07, 6.45) is 0.934. The molecule has 0 aromatic heterocycles. The molecular formula is C15H21FN2O2. The lowest BCUT2D eigenvalue weighted by atomic mass is 10.1. The van der Waals surface area contributed by atoms with Crippen molar-refractivity contribution in [3.05, 3.63) is 29.6 Å². The van der Waals surface area contributed by atoms with E-state index in [0.29, 0.717) is 17.8 Å². The molecule has 5 heteroatoms. The maximum atomic E-state index is 13.6. The molecule has 1 aromatic carbocycles. The fourth-order valence-corrected chi connectivity index (χ4v) is 2.23. The van der Waals surface area contributed by atoms with Gasteiger partial charge in [0, 0.05) is 25.2 Å². The van der Waals surface area contributed by atoms with Crippen LogP contribution in [-0.4, -0.2) is 50.1 Å². The molecule has 2 rings (SSSR count). The summed E-state index contributed by atoms with van der Waals surface area (Å²) in [5, 5.41) is 3.06. The van der Waals surface area contributed by atoms with E-state index in [0.717, 1.165) is 39.3 Å². The van der Waals surface area contributed by atoms with Gasteiger partial charge in [-0.1, -0.05) is 0 Å². The van der Waals surface area contributed by atoms with Crippen LogP contribution in [0, 0.1) is 5.82 Å². The van der Waals surface area contributed by atoms with Gasteiger partial charge < -0.3 is 10.1 Å². The maximum absolute atomic E-state index is 13.6. The second kappa shape index (κ2) is 7.36. The first kappa shape index (κ1) is 14.9. The summed E-state index contributed by atoms with van der Waals surface area (Å²) >= 11 is 0. The van der Waals surface area contributed by atoms with Crippen LogP contribution in [0.2, 0.25) is 0 Å². The van der Waals surface area contributed by atoms with E-state index in [1.165, 1.54) is 19.1 Å². The minimum Gasteiger partial charge on any atom is -0.383 e. The highest BCUT2D eigenvalue weighted by Gasteiger charge is 2.10. The maximum Gasteiger partial charge on any atom is 0.159 e. The van der Waals surface area contributed by atoms with Gasteiger partial charge in [0.2, 0.25) is 0 Å². The van der Waals surface area contributed by atoms with Crippen molar-refractivity contribution in [3.8, 4) is 0 Å². The number of benzene rings is 1. The van der Waals surface area contributed by atoms with Crippen LogP contribution in [0.15, 0.2) is 18.2 Å². The first-order valence-corrected chi connectivity index (χ1v) is 7.01. The largest absolute Gasteiger partial charge is 0.383 e. The van der Waals surface area contributed by atoms with E-state index in [-0.39, 0.29) is 11.6 Å². The van der Waals surface area contributed by atoms with Gasteiger partial charge in [-0.15, -0.1) is 0 Å². The highest BCUT2D eigenvalue weighted by molar-refractivity contribution is 5.94. The minimum absolute atomic E-state index is 0.0543. The highest BCUT2D eigenvalue weighted by atomic mass is 19.1. The van der Waals surface area contributed by atoms with Crippen LogP contribution in [-0.2, 0) is 4.74 Å². The molecule has 0 unspecified atom stereocenters. The SMILES string of the molecule is CC(=O)c1ccc(F)c(NCCCN2CCOCC2)c1. The summed E-state index contributed by atoms with van der Waals surface area (Å²) in [7, 11) is 0. The van der Waals surface area contributed by atoms with Crippen molar-refractivity contribution in [2.24, 2.45) is 0 Å². The zero-order valence-corrected chi connectivity index (χ0v) is 11.8. The number of ketones is 1. The van der Waals surface area contributed by atoms with Gasteiger partial charge in [0.05, 0.1) is 18.9 Å². The van der Waals surface area contributed by atoms with E-state index in [4.69, 9.17) is 4.74 Å². The minimum atomic E-state index is -0.318. The number of nitrogens with zero attached hydrogens (tertiary/aromatic N) is 1. The third kappa shape index (κ3) is 4.28. The molecule has 1 saturated heterocycles. The quantitative estimate of drug-likeness (QED) is 0.640. The van der Waals surface area contributed by atoms with Crippen molar-refractivity contribution in [1.82, 2.24) is 4.90 Å². The van der Waals surface area contributed by atoms with E-state index in [2.05, 4.69) is 10.2 Å². The number of anilines is 1. The number of hydrogen-bond donors (Lipinski definition) is 1. The smallest absolute Gasteiger partial charge is 0.159 e. The van der Waals surface area contributed by atoms with E-state index < -0.39 is 0 Å². The third-order valence-electron chi connectivity index (χ3n) is 3.44. The molecule has 4 nitrogen and oxygen atoms in total. The average molecular weight is 280 g/mol. The molecule has 110 valence electrons. The van der Waals surface area contributed by atoms with Gasteiger partial charge in [-0.05, 0) is 38.1 Å². The Balaban J connectivity index is 1.78. The summed E-state index contributed by atoms with van der Waals surface area (Å²) in [5.74, 6) is -0.372. The molecule has 1 fully saturated rings. The fourth-order valence-electron chi connectivity index (χ4n) is 2.23. The molecule has 0 saturated carbocycles. The summed E-state index contributed by atoms with van der Waals surface area (Å²) in [4.78, 5) is 13.6. The number of Topliss-reactive ketones (excluding diaryl/α,β-unsaturated/α-hetero) is 1. The lowest BCUT2D eigenvalue weighted by Gasteiger charge is -2.26. The van der Waals surface area contributed by atoms with Crippen LogP contribution < -0.4 is 5.32 Å². The molecule has 1 N–H and O–H groups in total. The Bertz CT molecular complexity index is 459. The van der Waals surface area contributed by atoms with E-state index in [9.17, 15) is 9.18 Å². The zero-order chi connectivity index (χ0) is 14.4. The van der Waals surface area contributed by atoms with E-state index in [1.54, 1.807) is 6.07 Å². The van der Waals surface area contributed by atoms with Crippen LogP contribution in [0.25, 0.3) is 0 Å². The lowest BCUT2D eigenvalue weighted by molar-refractivity contribution is 0.0378. The Hall–Kier alpha value is -1.46. The van der Waals surface area contributed by atoms with Gasteiger partial charge in [-0.25, -0.2) is 4.39 Å². The molecule has 1 aromatic rings. The Kier molecular flexibility index (Phi) is 5.49. The summed E-state index contributed by atoms with van der Waals surface area (Å²) in [5.41, 5.74) is 0.932. The van der Waals surface area contributed by atoms with E-state index in [1.807, 2.05) is 0 Å². The molecule has 0 bridgehead atoms. The Morgan fingerprint density at radius 2 is 2.15 bits per heavy atom. The summed E-state index contributed by atoms with van der Waals surface area (Å²) in [6.45, 7) is 6.67. The first-order chi connectivity index (χ1) is 9.66. The van der Waals surface area contributed by atoms with Crippen molar-refractivity contribution in [1.29, 1.82) is 0 Å². The lowest BCUT2D eigenvalue weighted by Crippen LogP contribution is -2.37. The summed E-state index contributed by atoms with van der Waals surface area (Å²) < 4.78 is 18.9. The van der Waals surface area contributed by atoms with E-state index >= 15 is 0 Å². The van der Waals surface area contributed by atoms with Crippen molar-refractivity contribution in [3.63, 3.8) is 0 Å². The molecule has 0 radical (unpaired) electrons. The molecular weight excluding hydrogens is 259 g/mol. The normalized spacial score (nSPS) is 16.1. The highest BCUT2D eigenvalue weighted by Crippen LogP contribution is 2.16. The number of ether oxygens (including phenoxy) is 1. The van der Waals surface area contributed by atoms with Crippen LogP contribution in [0.3, 0.4) is 0 Å². The second-order valence-electron chi connectivity index (χ2n) is 4.99. The van der Waals surface area contributed by atoms with Crippen molar-refractivity contribution >= 4 is 11.5 Å². The number of carbonyl (C=O) groups excluding carboxylic acids is 1. The Labute approximate surface area is 118 Å². The number of hydrogen-bond acceptors (Lipinski definition) is 4. The number of rotatable bonds is 6. The predicted octanol–water partition coefficient (Wildman–Crippen LogP) is 2.16. The number of nitrogens with one attached hydrogen (secondary N) is 1. The molecule has 0 amide bonds. The van der Waals surface area contributed by atoms with Crippen LogP contribution in [0.4, 0.5) is 10.1 Å². The summed E-state index contributed by atoms with van der Waals surface area (Å²) in [6, 6.07) is 4.42. The fraction of sp³-hybridized carbons (Fsp3) is 0.533. The van der Waals surface area contributed by atoms with Gasteiger partial charge in [0.25, 0.3) is 0 Å². The zero-order valence-electron chi connectivity index (χ0n) is 11.8. The van der Waals surface area contributed by atoms with Crippen molar-refractivity contribution in [2.45, 2.75) is 13.3 Å². The first-order valence-electron chi connectivity index (χ1n) is 7.01. The van der Waals surface area contributed by atoms with Gasteiger partial charge in [0.1, 0.15) is 5.82 Å². The van der Waals surface area contributed by atoms with Crippen molar-refractivity contribution < 1.29 is 13.9 Å². The van der Waals surface area contributed by atoms with Crippen LogP contribution in [0.5, 0.6) is 0 Å². The Morgan fingerprint density at radius 3 is 2.85 bits per heavy atom. The molecule has 0 aliphatic carbocycles. The molecule has 1 aliphatic rings. The number of carbonyl (C=O) groups is 1. The molecule has 0 spiro atoms. The predicted molar refractivity (Wildman–Crippen MR) is 76.8 cm³/mol. The van der Waals surface area contributed by atoms with Crippen LogP contribution >= 0.6 is 0 Å². The standard InChI is InChI=1S/C15H21FN2O2/c1-12(19)13-3-4-14(16)15(11-13)17-5-2-6-18-7-9-20-10-8-18/h3-4,11,17H,2,5-10H2,1H3. The molecule has 0 atom stereocenters. The van der Waals surface area contributed by atoms with Gasteiger partial charge >= 0.3 is 0 Å². The van der Waals surface area contributed by atoms with Gasteiger partial charge in [0.15, 0.2) is 5.78 Å². The molecule has 1 aliphatic heterocycles. The van der Waals surface area contributed by atoms with Crippen LogP contribution in [0.1, 0.15) is 23.7 Å².